The van der Waals surface area contributed by atoms with Crippen LogP contribution in [0.3, 0.4) is 0 Å². The second kappa shape index (κ2) is 17.4. The number of nitrogens with one attached hydrogen (secondary N) is 5. The van der Waals surface area contributed by atoms with E-state index < -0.39 is 0 Å². The van der Waals surface area contributed by atoms with Crippen LogP contribution < -0.4 is 45.5 Å². The molecule has 49 heavy (non-hydrogen) atoms. The van der Waals surface area contributed by atoms with Crippen molar-refractivity contribution in [3.05, 3.63) is 60.4 Å². The van der Waals surface area contributed by atoms with Gasteiger partial charge in [0.25, 0.3) is 0 Å². The van der Waals surface area contributed by atoms with Gasteiger partial charge in [0.15, 0.2) is 23.0 Å². The number of likely N-dealkylation sites (tertiary alicyclic amines) is 1. The van der Waals surface area contributed by atoms with E-state index in [2.05, 4.69) is 53.4 Å². The quantitative estimate of drug-likeness (QED) is 0.0913. The van der Waals surface area contributed by atoms with E-state index in [0.29, 0.717) is 72.2 Å². The first kappa shape index (κ1) is 35.2. The Hall–Kier alpha value is -5.08. The molecule has 1 aliphatic rings. The Morgan fingerprint density at radius 3 is 1.96 bits per heavy atom. The van der Waals surface area contributed by atoms with E-state index >= 15 is 0 Å². The fraction of sp³-hybridized carbons (Fsp3) is 0.429. The summed E-state index contributed by atoms with van der Waals surface area (Å²) >= 11 is 0. The van der Waals surface area contributed by atoms with E-state index in [4.69, 9.17) is 23.9 Å². The summed E-state index contributed by atoms with van der Waals surface area (Å²) in [5.41, 5.74) is 2.34. The molecule has 4 aromatic rings. The highest BCUT2D eigenvalue weighted by Gasteiger charge is 2.20. The van der Waals surface area contributed by atoms with Gasteiger partial charge in [0, 0.05) is 74.8 Å². The molecule has 0 unspecified atom stereocenters. The highest BCUT2D eigenvalue weighted by molar-refractivity contribution is 5.62. The predicted molar refractivity (Wildman–Crippen MR) is 194 cm³/mol. The van der Waals surface area contributed by atoms with Crippen LogP contribution in [-0.4, -0.2) is 99.6 Å². The van der Waals surface area contributed by atoms with E-state index in [1.165, 1.54) is 19.5 Å². The highest BCUT2D eigenvalue weighted by Crippen LogP contribution is 2.34. The van der Waals surface area contributed by atoms with Gasteiger partial charge in [-0.05, 0) is 56.9 Å². The molecule has 2 aromatic heterocycles. The molecule has 1 saturated heterocycles. The molecule has 0 saturated carbocycles. The van der Waals surface area contributed by atoms with Crippen molar-refractivity contribution in [3.63, 3.8) is 0 Å². The van der Waals surface area contributed by atoms with Gasteiger partial charge in [-0.1, -0.05) is 6.92 Å². The van der Waals surface area contributed by atoms with Gasteiger partial charge in [-0.15, -0.1) is 0 Å². The zero-order valence-corrected chi connectivity index (χ0v) is 29.2. The monoisotopic (exact) mass is 672 g/mol. The van der Waals surface area contributed by atoms with E-state index in [0.717, 1.165) is 23.6 Å². The van der Waals surface area contributed by atoms with Crippen LogP contribution in [0.2, 0.25) is 0 Å². The topological polar surface area (TPSA) is 152 Å². The fourth-order valence-corrected chi connectivity index (χ4v) is 5.39. The molecule has 0 aliphatic carbocycles. The first-order chi connectivity index (χ1) is 23.9. The summed E-state index contributed by atoms with van der Waals surface area (Å²) in [7, 11) is 8.81. The third kappa shape index (κ3) is 9.74. The molecule has 0 bridgehead atoms. The second-order valence-corrected chi connectivity index (χ2v) is 11.9. The molecule has 3 heterocycles. The summed E-state index contributed by atoms with van der Waals surface area (Å²) < 4.78 is 23.8. The van der Waals surface area contributed by atoms with Crippen LogP contribution in [0.1, 0.15) is 25.0 Å². The summed E-state index contributed by atoms with van der Waals surface area (Å²) in [4.78, 5) is 20.8. The molecular formula is C35H48N10O4. The summed E-state index contributed by atoms with van der Waals surface area (Å²) in [6.45, 7) is 7.11. The number of benzene rings is 2. The van der Waals surface area contributed by atoms with Gasteiger partial charge in [-0.2, -0.15) is 9.97 Å². The molecule has 5 N–H and O–H groups in total. The predicted octanol–water partition coefficient (Wildman–Crippen LogP) is 4.96. The van der Waals surface area contributed by atoms with Crippen molar-refractivity contribution in [1.29, 1.82) is 0 Å². The lowest BCUT2D eigenvalue weighted by molar-refractivity contribution is 0.131. The van der Waals surface area contributed by atoms with Crippen LogP contribution >= 0.6 is 0 Å². The summed E-state index contributed by atoms with van der Waals surface area (Å²) in [5, 5.41) is 16.1. The average molecular weight is 673 g/mol. The van der Waals surface area contributed by atoms with E-state index in [9.17, 15) is 0 Å². The molecule has 0 spiro atoms. The third-order valence-electron chi connectivity index (χ3n) is 8.10. The molecule has 1 aliphatic heterocycles. The van der Waals surface area contributed by atoms with Crippen LogP contribution in [-0.2, 0) is 0 Å². The number of rotatable bonds is 19. The largest absolute Gasteiger partial charge is 0.493 e. The van der Waals surface area contributed by atoms with Crippen LogP contribution in [0.15, 0.2) is 54.7 Å². The molecule has 1 fully saturated rings. The standard InChI is InChI=1S/C35H48N10O4/c1-23(20-45-14-7-15-45)21-48-30-17-26(9-11-28(30)46-5)41-35-42-27(18-33(38-4)44-35)24(19-36-2)22-49-31-16-25(8-10-29(31)47-6)40-34-39-13-12-32(37-3)43-34/h8-13,16-18,23-24,36H,7,14-15,19-22H2,1-6H3,(H2,37,39,40,43)(H2,38,41,42,44)/t23-,24+/m1/s1. The Kier molecular flexibility index (Phi) is 12.5. The third-order valence-corrected chi connectivity index (χ3v) is 8.10. The minimum absolute atomic E-state index is 0.125. The minimum Gasteiger partial charge on any atom is -0.493 e. The van der Waals surface area contributed by atoms with Crippen LogP contribution in [0.4, 0.5) is 34.9 Å². The van der Waals surface area contributed by atoms with Crippen molar-refractivity contribution in [1.82, 2.24) is 30.2 Å². The Bertz CT molecular complexity index is 1650. The number of hydrogen-bond donors (Lipinski definition) is 5. The molecule has 0 radical (unpaired) electrons. The number of aromatic nitrogens is 4. The minimum atomic E-state index is -0.125. The highest BCUT2D eigenvalue weighted by atomic mass is 16.5. The Labute approximate surface area is 288 Å². The van der Waals surface area contributed by atoms with Crippen LogP contribution in [0.5, 0.6) is 23.0 Å². The van der Waals surface area contributed by atoms with Crippen molar-refractivity contribution in [2.75, 3.05) is 96.0 Å². The van der Waals surface area contributed by atoms with Crippen LogP contribution in [0, 0.1) is 5.92 Å². The zero-order chi connectivity index (χ0) is 34.6. The van der Waals surface area contributed by atoms with Gasteiger partial charge in [0.05, 0.1) is 33.1 Å². The summed E-state index contributed by atoms with van der Waals surface area (Å²) in [6.07, 6.45) is 2.97. The molecule has 5 rings (SSSR count). The maximum absolute atomic E-state index is 6.38. The van der Waals surface area contributed by atoms with Crippen molar-refractivity contribution < 1.29 is 18.9 Å². The number of anilines is 6. The van der Waals surface area contributed by atoms with Gasteiger partial charge < -0.3 is 50.4 Å². The van der Waals surface area contributed by atoms with Gasteiger partial charge in [-0.3, -0.25) is 0 Å². The Morgan fingerprint density at radius 1 is 0.735 bits per heavy atom. The zero-order valence-electron chi connectivity index (χ0n) is 29.2. The van der Waals surface area contributed by atoms with Gasteiger partial charge in [0.2, 0.25) is 11.9 Å². The smallest absolute Gasteiger partial charge is 0.229 e. The maximum atomic E-state index is 6.38. The SMILES string of the molecule is CNC[C@@H](COc1cc(Nc2nccc(NC)n2)ccc1OC)c1cc(NC)nc(Nc2ccc(OC)c(OC[C@H](C)CN3CCC3)c2)n1. The van der Waals surface area contributed by atoms with Crippen molar-refractivity contribution in [3.8, 4) is 23.0 Å². The van der Waals surface area contributed by atoms with Gasteiger partial charge >= 0.3 is 0 Å². The van der Waals surface area contributed by atoms with Gasteiger partial charge in [0.1, 0.15) is 11.6 Å². The van der Waals surface area contributed by atoms with Crippen molar-refractivity contribution in [2.45, 2.75) is 19.3 Å². The van der Waals surface area contributed by atoms with Gasteiger partial charge in [-0.25, -0.2) is 9.97 Å². The maximum Gasteiger partial charge on any atom is 0.229 e. The molecular weight excluding hydrogens is 624 g/mol. The second-order valence-electron chi connectivity index (χ2n) is 11.9. The van der Waals surface area contributed by atoms with Crippen molar-refractivity contribution in [2.24, 2.45) is 5.92 Å². The summed E-state index contributed by atoms with van der Waals surface area (Å²) in [5.74, 6) is 5.08. The number of nitrogens with zero attached hydrogens (tertiary/aromatic N) is 5. The molecule has 2 atom stereocenters. The lowest BCUT2D eigenvalue weighted by atomic mass is 10.1. The molecule has 14 nitrogen and oxygen atoms in total. The molecule has 14 heteroatoms. The number of hydrogen-bond acceptors (Lipinski definition) is 14. The fourth-order valence-electron chi connectivity index (χ4n) is 5.39. The van der Waals surface area contributed by atoms with E-state index in [1.54, 1.807) is 26.5 Å². The molecule has 262 valence electrons. The molecule has 0 amide bonds. The number of likely N-dealkylation sites (N-methyl/N-ethyl adjacent to an activating group) is 1. The van der Waals surface area contributed by atoms with E-state index in [-0.39, 0.29) is 5.92 Å². The average Bonchev–Trinajstić information content (AvgIpc) is 3.10. The molecule has 2 aromatic carbocycles. The first-order valence-electron chi connectivity index (χ1n) is 16.5. The summed E-state index contributed by atoms with van der Waals surface area (Å²) in [6, 6.07) is 15.1. The lowest BCUT2D eigenvalue weighted by Gasteiger charge is -2.33. The van der Waals surface area contributed by atoms with Crippen LogP contribution in [0.25, 0.3) is 0 Å². The number of ether oxygens (including phenoxy) is 4. The lowest BCUT2D eigenvalue weighted by Crippen LogP contribution is -2.41. The number of methoxy groups -OCH3 is 2. The first-order valence-corrected chi connectivity index (χ1v) is 16.5. The van der Waals surface area contributed by atoms with E-state index in [1.807, 2.05) is 63.6 Å². The normalized spacial score (nSPS) is 13.8. The van der Waals surface area contributed by atoms with Crippen molar-refractivity contribution >= 4 is 34.9 Å². The Balaban J connectivity index is 1.31. The Morgan fingerprint density at radius 2 is 1.37 bits per heavy atom.